The molecule has 3 saturated heterocycles. The molecule has 10 rings (SSSR count). The Morgan fingerprint density at radius 1 is 0.866 bits per heavy atom. The number of fused-ring (bicyclic) bond motifs is 2. The van der Waals surface area contributed by atoms with Gasteiger partial charge < -0.3 is 29.3 Å². The Morgan fingerprint density at radius 3 is 2.45 bits per heavy atom. The highest BCUT2D eigenvalue weighted by Gasteiger charge is 2.41. The van der Waals surface area contributed by atoms with E-state index < -0.39 is 11.9 Å². The van der Waals surface area contributed by atoms with Crippen molar-refractivity contribution in [3.63, 3.8) is 0 Å². The predicted octanol–water partition coefficient (Wildman–Crippen LogP) is 3.27. The zero-order chi connectivity index (χ0) is 46.2. The molecule has 18 nitrogen and oxygen atoms in total. The summed E-state index contributed by atoms with van der Waals surface area (Å²) in [6, 6.07) is 13.7. The fraction of sp³-hybridized carbons (Fsp3) is 0.510. The van der Waals surface area contributed by atoms with Crippen LogP contribution in [0.25, 0.3) is 27.5 Å². The van der Waals surface area contributed by atoms with E-state index in [9.17, 15) is 28.8 Å². The van der Waals surface area contributed by atoms with Crippen molar-refractivity contribution in [1.82, 2.24) is 54.0 Å². The maximum Gasteiger partial charge on any atom is 0.329 e. The number of hydrogen-bond donors (Lipinski definition) is 2. The molecule has 0 spiro atoms. The number of ether oxygens (including phenoxy) is 1. The zero-order valence-corrected chi connectivity index (χ0v) is 38.1. The molecule has 1 aliphatic carbocycles. The minimum Gasteiger partial charge on any atom is -0.378 e. The number of likely N-dealkylation sites (tertiary alicyclic amines) is 1. The number of amides is 5. The van der Waals surface area contributed by atoms with Crippen molar-refractivity contribution in [2.75, 3.05) is 59.0 Å². The molecule has 1 unspecified atom stereocenters. The van der Waals surface area contributed by atoms with E-state index in [0.29, 0.717) is 82.5 Å². The second-order valence-corrected chi connectivity index (χ2v) is 18.9. The summed E-state index contributed by atoms with van der Waals surface area (Å²) >= 11 is 0. The summed E-state index contributed by atoms with van der Waals surface area (Å²) in [5.41, 5.74) is 5.83. The Balaban J connectivity index is 0.628. The van der Waals surface area contributed by atoms with E-state index in [4.69, 9.17) is 4.74 Å². The maximum absolute atomic E-state index is 13.7. The normalized spacial score (nSPS) is 22.0. The van der Waals surface area contributed by atoms with Crippen LogP contribution in [-0.4, -0.2) is 149 Å². The Labute approximate surface area is 387 Å². The van der Waals surface area contributed by atoms with Gasteiger partial charge in [0, 0.05) is 108 Å². The number of imidazole rings is 1. The lowest BCUT2D eigenvalue weighted by Gasteiger charge is -2.46. The molecule has 4 fully saturated rings. The maximum atomic E-state index is 13.7. The van der Waals surface area contributed by atoms with Crippen LogP contribution < -0.4 is 11.0 Å². The number of nitrogens with zero attached hydrogens (tertiary/aromatic N) is 9. The lowest BCUT2D eigenvalue weighted by Crippen LogP contribution is -2.56. The highest BCUT2D eigenvalue weighted by atomic mass is 16.5. The number of piperidine rings is 2. The summed E-state index contributed by atoms with van der Waals surface area (Å²) in [5, 5.41) is 11.1. The minimum absolute atomic E-state index is 0.0332. The van der Waals surface area contributed by atoms with E-state index in [0.717, 1.165) is 91.2 Å². The van der Waals surface area contributed by atoms with Gasteiger partial charge in [-0.2, -0.15) is 0 Å². The Kier molecular flexibility index (Phi) is 12.6. The van der Waals surface area contributed by atoms with Crippen LogP contribution >= 0.6 is 0 Å². The fourth-order valence-corrected chi connectivity index (χ4v) is 10.7. The minimum atomic E-state index is -0.696. The van der Waals surface area contributed by atoms with Crippen molar-refractivity contribution < 1.29 is 28.7 Å². The smallest absolute Gasteiger partial charge is 0.329 e. The molecule has 5 aliphatic rings. The van der Waals surface area contributed by atoms with E-state index in [1.165, 1.54) is 4.57 Å². The largest absolute Gasteiger partial charge is 0.378 e. The number of nitrogens with one attached hydrogen (secondary N) is 2. The number of carbonyl (C=O) groups is 5. The quantitative estimate of drug-likeness (QED) is 0.131. The Bertz CT molecular complexity index is 2770. The van der Waals surface area contributed by atoms with Crippen molar-refractivity contribution in [1.29, 1.82) is 0 Å². The number of benzene rings is 2. The molecule has 67 heavy (non-hydrogen) atoms. The van der Waals surface area contributed by atoms with Gasteiger partial charge in [-0.15, -0.1) is 5.10 Å². The predicted molar refractivity (Wildman–Crippen MR) is 249 cm³/mol. The molecule has 5 amide bonds. The van der Waals surface area contributed by atoms with Gasteiger partial charge >= 0.3 is 5.69 Å². The Morgan fingerprint density at radius 2 is 1.67 bits per heavy atom. The number of carbonyl (C=O) groups excluding carboxylic acids is 5. The molecule has 1 atom stereocenters. The highest BCUT2D eigenvalue weighted by Crippen LogP contribution is 2.36. The molecule has 1 saturated carbocycles. The number of imide groups is 1. The lowest BCUT2D eigenvalue weighted by atomic mass is 9.77. The average Bonchev–Trinajstić information content (AvgIpc) is 4.08. The number of aromatic amines is 1. The van der Waals surface area contributed by atoms with Gasteiger partial charge in [0.1, 0.15) is 11.7 Å². The van der Waals surface area contributed by atoms with Crippen LogP contribution in [0, 0.1) is 5.92 Å². The fourth-order valence-electron chi connectivity index (χ4n) is 10.7. The lowest BCUT2D eigenvalue weighted by molar-refractivity contribution is -0.143. The summed E-state index contributed by atoms with van der Waals surface area (Å²) in [4.78, 5) is 89.1. The van der Waals surface area contributed by atoms with Crippen molar-refractivity contribution in [2.45, 2.75) is 88.9 Å². The molecule has 0 radical (unpaired) electrons. The van der Waals surface area contributed by atoms with Gasteiger partial charge in [0.15, 0.2) is 0 Å². The number of H-pyrrole nitrogens is 1. The third-order valence-corrected chi connectivity index (χ3v) is 14.7. The summed E-state index contributed by atoms with van der Waals surface area (Å²) < 4.78 is 11.1. The van der Waals surface area contributed by atoms with Crippen LogP contribution in [0.2, 0.25) is 0 Å². The molecule has 0 bridgehead atoms. The average molecular weight is 914 g/mol. The van der Waals surface area contributed by atoms with Gasteiger partial charge in [-0.25, -0.2) is 4.79 Å². The molecule has 5 aromatic rings. The number of aryl methyl sites for hydroxylation is 3. The third kappa shape index (κ3) is 9.33. The van der Waals surface area contributed by atoms with Crippen molar-refractivity contribution in [3.05, 3.63) is 88.2 Å². The molecule has 2 N–H and O–H groups in total. The molecular weight excluding hydrogens is 855 g/mol. The van der Waals surface area contributed by atoms with Crippen molar-refractivity contribution in [3.8, 4) is 0 Å². The second kappa shape index (κ2) is 19.1. The van der Waals surface area contributed by atoms with Crippen LogP contribution in [0.5, 0.6) is 0 Å². The van der Waals surface area contributed by atoms with Crippen LogP contribution in [0.1, 0.15) is 85.4 Å². The van der Waals surface area contributed by atoms with Gasteiger partial charge in [-0.3, -0.25) is 43.1 Å². The summed E-state index contributed by atoms with van der Waals surface area (Å²) in [6.45, 7) is 6.37. The molecule has 3 aromatic heterocycles. The van der Waals surface area contributed by atoms with Gasteiger partial charge in [-0.1, -0.05) is 29.5 Å². The summed E-state index contributed by atoms with van der Waals surface area (Å²) in [7, 11) is 1.71. The van der Waals surface area contributed by atoms with Crippen LogP contribution in [0.3, 0.4) is 0 Å². The number of hydrogen-bond acceptors (Lipinski definition) is 10. The molecule has 2 aromatic carbocycles. The van der Waals surface area contributed by atoms with Crippen LogP contribution in [-0.2, 0) is 43.9 Å². The van der Waals surface area contributed by atoms with E-state index in [-0.39, 0.29) is 47.8 Å². The standard InChI is InChI=1S/C49H59N11O7/c1-54-43-26-32(6-9-41(43)60(49(54)66)42-10-11-44(61)52-46(42)63)4-3-25-67-38-12-17-55(18-13-38)37-27-36(28-37)47(64)56-21-23-57(24-22-56)48(65)40-30-34-8-7-33(29-39(34)51-40)35-5-2-16-58(31-35)45(62)14-19-59-20-15-50-53-59/h5-9,15,20,26,29-30,36-38,42,51H,2-4,10-14,16-19,21-25,27-28,31H2,1H3,(H,52,61,63). The molecule has 352 valence electrons. The first-order valence-electron chi connectivity index (χ1n) is 24.0. The number of rotatable bonds is 13. The third-order valence-electron chi connectivity index (χ3n) is 14.7. The SMILES string of the molecule is Cn1c(=O)n(C2CCC(=O)NC2=O)c2ccc(CCCOC3CCN(C4CC(C(=O)N5CCN(C(=O)c6cc7ccc(C8=CCCN(C(=O)CCn9ccnn9)C8)cc7[nH]6)CC5)C4)CC3)cc21. The van der Waals surface area contributed by atoms with E-state index >= 15 is 0 Å². The summed E-state index contributed by atoms with van der Waals surface area (Å²) in [5.74, 6) is -0.470. The molecule has 7 heterocycles. The first-order chi connectivity index (χ1) is 32.6. The van der Waals surface area contributed by atoms with Gasteiger partial charge in [-0.05, 0) is 92.3 Å². The first kappa shape index (κ1) is 44.4. The molecular formula is C49H59N11O7. The van der Waals surface area contributed by atoms with E-state index in [2.05, 4.69) is 43.7 Å². The molecule has 4 aliphatic heterocycles. The molecule has 18 heteroatoms. The van der Waals surface area contributed by atoms with E-state index in [1.807, 2.05) is 45.0 Å². The van der Waals surface area contributed by atoms with E-state index in [1.54, 1.807) is 28.7 Å². The van der Waals surface area contributed by atoms with Crippen molar-refractivity contribution in [2.24, 2.45) is 13.0 Å². The zero-order valence-electron chi connectivity index (χ0n) is 38.1. The number of piperazine rings is 1. The van der Waals surface area contributed by atoms with Crippen LogP contribution in [0.15, 0.2) is 65.7 Å². The van der Waals surface area contributed by atoms with Gasteiger partial charge in [0.25, 0.3) is 5.91 Å². The van der Waals surface area contributed by atoms with Gasteiger partial charge in [0.2, 0.25) is 23.6 Å². The summed E-state index contributed by atoms with van der Waals surface area (Å²) in [6.07, 6.45) is 12.8. The Hall–Kier alpha value is -6.40. The van der Waals surface area contributed by atoms with Crippen LogP contribution in [0.4, 0.5) is 0 Å². The van der Waals surface area contributed by atoms with Crippen molar-refractivity contribution >= 4 is 57.0 Å². The first-order valence-corrected chi connectivity index (χ1v) is 24.0. The number of aromatic nitrogens is 6. The highest BCUT2D eigenvalue weighted by molar-refractivity contribution is 6.00. The van der Waals surface area contributed by atoms with Gasteiger partial charge in [0.05, 0.1) is 29.9 Å². The monoisotopic (exact) mass is 913 g/mol. The topological polar surface area (TPSA) is 193 Å². The second-order valence-electron chi connectivity index (χ2n) is 18.9.